The summed E-state index contributed by atoms with van der Waals surface area (Å²) < 4.78 is 0. The van der Waals surface area contributed by atoms with Crippen LogP contribution in [0.25, 0.3) is 0 Å². The van der Waals surface area contributed by atoms with E-state index in [1.165, 1.54) is 6.07 Å². The normalized spacial score (nSPS) is 26.5. The summed E-state index contributed by atoms with van der Waals surface area (Å²) >= 11 is 0. The molecule has 0 bridgehead atoms. The Balaban J connectivity index is 1.96. The number of carboxylic acid groups (broad SMARTS) is 1. The maximum absolute atomic E-state index is 13.5. The number of nitrogens with two attached hydrogens (primary N) is 1. The second-order valence-corrected chi connectivity index (χ2v) is 8.76. The zero-order valence-electron chi connectivity index (χ0n) is 17.7. The number of aromatic hydroxyl groups is 1. The average molecular weight is 458 g/mol. The average Bonchev–Trinajstić information content (AvgIpc) is 2.70. The Morgan fingerprint density at radius 3 is 2.33 bits per heavy atom. The first-order chi connectivity index (χ1) is 15.3. The van der Waals surface area contributed by atoms with Gasteiger partial charge in [-0.15, -0.1) is 0 Å². The smallest absolute Gasteiger partial charge is 0.339 e. The van der Waals surface area contributed by atoms with E-state index in [1.54, 1.807) is 19.0 Å². The molecule has 0 aromatic heterocycles. The molecule has 3 aliphatic carbocycles. The van der Waals surface area contributed by atoms with Crippen LogP contribution < -0.4 is 10.6 Å². The van der Waals surface area contributed by atoms with Gasteiger partial charge < -0.3 is 36.2 Å². The number of allylic oxidation sites excluding steroid dienone is 2. The molecule has 11 nitrogen and oxygen atoms in total. The lowest BCUT2D eigenvalue weighted by atomic mass is 9.60. The monoisotopic (exact) mass is 458 g/mol. The topological polar surface area (TPSA) is 199 Å². The number of aromatic carboxylic acids is 1. The molecule has 33 heavy (non-hydrogen) atoms. The largest absolute Gasteiger partial charge is 0.511 e. The summed E-state index contributed by atoms with van der Waals surface area (Å²) in [4.78, 5) is 51.3. The standard InChI is InChI=1S/C22H22N2O9/c1-24(2)11-6-10(21(31)32)16(26)14-9(11)4-7-3-8-5-12(25)15(20(23)30)19(29)22(8,33)18(28)13(7)17(14)27/h6-8,25-26,28,33H,3-5H2,1-2H3,(H2,23,30)(H,31,32)/t7?,8?,22-/m0/s1. The summed E-state index contributed by atoms with van der Waals surface area (Å²) in [5.41, 5.74) is 1.18. The van der Waals surface area contributed by atoms with Crippen molar-refractivity contribution < 1.29 is 44.7 Å². The quantitative estimate of drug-likeness (QED) is 0.343. The van der Waals surface area contributed by atoms with Crippen molar-refractivity contribution in [1.29, 1.82) is 0 Å². The third-order valence-electron chi connectivity index (χ3n) is 6.75. The van der Waals surface area contributed by atoms with Gasteiger partial charge in [0.2, 0.25) is 5.78 Å². The van der Waals surface area contributed by atoms with E-state index in [-0.39, 0.29) is 30.4 Å². The van der Waals surface area contributed by atoms with E-state index in [0.29, 0.717) is 11.3 Å². The predicted molar refractivity (Wildman–Crippen MR) is 112 cm³/mol. The first-order valence-corrected chi connectivity index (χ1v) is 10.1. The third kappa shape index (κ3) is 2.85. The van der Waals surface area contributed by atoms with E-state index in [4.69, 9.17) is 5.73 Å². The van der Waals surface area contributed by atoms with Gasteiger partial charge in [-0.2, -0.15) is 0 Å². The van der Waals surface area contributed by atoms with E-state index >= 15 is 0 Å². The molecule has 0 heterocycles. The molecule has 2 unspecified atom stereocenters. The number of carboxylic acids is 1. The summed E-state index contributed by atoms with van der Waals surface area (Å²) in [5.74, 6) is -9.10. The predicted octanol–water partition coefficient (Wildman–Crippen LogP) is 0.345. The fraction of sp³-hybridized carbons (Fsp3) is 0.364. The Hall–Kier alpha value is -3.86. The number of amides is 1. The maximum Gasteiger partial charge on any atom is 0.339 e. The zero-order valence-corrected chi connectivity index (χ0v) is 17.7. The molecule has 0 radical (unpaired) electrons. The van der Waals surface area contributed by atoms with Gasteiger partial charge in [-0.3, -0.25) is 14.4 Å². The van der Waals surface area contributed by atoms with Crippen LogP contribution in [-0.2, 0) is 16.0 Å². The summed E-state index contributed by atoms with van der Waals surface area (Å²) in [6, 6.07) is 1.25. The number of anilines is 1. The number of fused-ring (bicyclic) bond motifs is 3. The number of phenols is 1. The lowest BCUT2D eigenvalue weighted by Crippen LogP contribution is -2.57. The van der Waals surface area contributed by atoms with Gasteiger partial charge in [0.15, 0.2) is 11.4 Å². The molecule has 174 valence electrons. The van der Waals surface area contributed by atoms with Gasteiger partial charge in [0.05, 0.1) is 5.56 Å². The number of rotatable bonds is 3. The Kier molecular flexibility index (Phi) is 4.79. The Labute approximate surface area is 187 Å². The van der Waals surface area contributed by atoms with Crippen molar-refractivity contribution in [2.45, 2.75) is 24.9 Å². The van der Waals surface area contributed by atoms with Crippen molar-refractivity contribution in [3.05, 3.63) is 45.4 Å². The highest BCUT2D eigenvalue weighted by Crippen LogP contribution is 2.52. The number of nitrogens with zero attached hydrogens (tertiary/aromatic N) is 1. The second-order valence-electron chi connectivity index (χ2n) is 8.76. The number of primary amides is 1. The SMILES string of the molecule is CN(C)c1cc(C(=O)O)c(O)c2c1CC1CC3CC(O)=C(C(N)=O)C(=O)[C@@]3(O)C(O)=C1C2=O. The van der Waals surface area contributed by atoms with Gasteiger partial charge in [-0.1, -0.05) is 0 Å². The molecule has 0 aliphatic heterocycles. The minimum absolute atomic E-state index is 0.00275. The minimum Gasteiger partial charge on any atom is -0.511 e. The number of hydrogen-bond acceptors (Lipinski definition) is 9. The molecule has 0 saturated heterocycles. The molecule has 0 fully saturated rings. The van der Waals surface area contributed by atoms with Crippen molar-refractivity contribution in [2.24, 2.45) is 17.6 Å². The van der Waals surface area contributed by atoms with E-state index in [0.717, 1.165) is 0 Å². The third-order valence-corrected chi connectivity index (χ3v) is 6.75. The maximum atomic E-state index is 13.5. The van der Waals surface area contributed by atoms with Crippen LogP contribution >= 0.6 is 0 Å². The van der Waals surface area contributed by atoms with Crippen LogP contribution in [0.15, 0.2) is 28.7 Å². The number of carbonyl (C=O) groups excluding carboxylic acids is 3. The molecule has 1 aromatic carbocycles. The van der Waals surface area contributed by atoms with E-state index in [9.17, 15) is 44.7 Å². The van der Waals surface area contributed by atoms with Crippen LogP contribution in [0.1, 0.15) is 39.1 Å². The molecule has 3 atom stereocenters. The Morgan fingerprint density at radius 2 is 1.79 bits per heavy atom. The van der Waals surface area contributed by atoms with Gasteiger partial charge in [-0.25, -0.2) is 4.79 Å². The van der Waals surface area contributed by atoms with Crippen molar-refractivity contribution in [2.75, 3.05) is 19.0 Å². The molecule has 3 aliphatic rings. The van der Waals surface area contributed by atoms with Gasteiger partial charge >= 0.3 is 5.97 Å². The van der Waals surface area contributed by atoms with E-state index < -0.39 is 69.3 Å². The molecule has 11 heteroatoms. The Morgan fingerprint density at radius 1 is 1.15 bits per heavy atom. The number of hydrogen-bond donors (Lipinski definition) is 6. The number of ketones is 2. The number of benzene rings is 1. The summed E-state index contributed by atoms with van der Waals surface area (Å²) in [6.07, 6.45) is -0.230. The fourth-order valence-corrected chi connectivity index (χ4v) is 5.23. The molecular formula is C22H22N2O9. The summed E-state index contributed by atoms with van der Waals surface area (Å²) in [6.45, 7) is 0. The van der Waals surface area contributed by atoms with Gasteiger partial charge in [0.25, 0.3) is 5.91 Å². The molecule has 1 amide bonds. The first kappa shape index (κ1) is 22.3. The van der Waals surface area contributed by atoms with Crippen LogP contribution in [0.2, 0.25) is 0 Å². The summed E-state index contributed by atoms with van der Waals surface area (Å²) in [7, 11) is 3.28. The zero-order chi connectivity index (χ0) is 24.6. The van der Waals surface area contributed by atoms with Crippen LogP contribution in [-0.4, -0.2) is 68.7 Å². The van der Waals surface area contributed by atoms with Crippen LogP contribution in [0.5, 0.6) is 5.75 Å². The highest BCUT2D eigenvalue weighted by atomic mass is 16.4. The number of Topliss-reactive ketones (excluding diaryl/α,β-unsaturated/α-hetero) is 2. The van der Waals surface area contributed by atoms with Crippen molar-refractivity contribution in [3.8, 4) is 5.75 Å². The highest BCUT2D eigenvalue weighted by Gasteiger charge is 2.59. The van der Waals surface area contributed by atoms with Crippen LogP contribution in [0.3, 0.4) is 0 Å². The van der Waals surface area contributed by atoms with Gasteiger partial charge in [0, 0.05) is 37.7 Å². The van der Waals surface area contributed by atoms with E-state index in [2.05, 4.69) is 0 Å². The molecule has 4 rings (SSSR count). The lowest BCUT2D eigenvalue weighted by molar-refractivity contribution is -0.144. The van der Waals surface area contributed by atoms with Crippen LogP contribution in [0, 0.1) is 11.8 Å². The second kappa shape index (κ2) is 7.07. The molecule has 0 spiro atoms. The first-order valence-electron chi connectivity index (χ1n) is 10.1. The molecular weight excluding hydrogens is 436 g/mol. The molecule has 0 saturated carbocycles. The van der Waals surface area contributed by atoms with Crippen molar-refractivity contribution in [1.82, 2.24) is 0 Å². The minimum atomic E-state index is -2.67. The molecule has 7 N–H and O–H groups in total. The number of aliphatic hydroxyl groups is 3. The number of carbonyl (C=O) groups is 4. The van der Waals surface area contributed by atoms with Gasteiger partial charge in [-0.05, 0) is 30.4 Å². The van der Waals surface area contributed by atoms with Crippen molar-refractivity contribution in [3.63, 3.8) is 0 Å². The number of aliphatic hydroxyl groups excluding tert-OH is 2. The fourth-order valence-electron chi connectivity index (χ4n) is 5.23. The molecule has 1 aromatic rings. The highest BCUT2D eigenvalue weighted by molar-refractivity contribution is 6.24. The lowest BCUT2D eigenvalue weighted by Gasteiger charge is -2.45. The Bertz CT molecular complexity index is 1230. The van der Waals surface area contributed by atoms with Crippen LogP contribution in [0.4, 0.5) is 5.69 Å². The van der Waals surface area contributed by atoms with E-state index in [1.807, 2.05) is 0 Å². The summed E-state index contributed by atoms with van der Waals surface area (Å²) in [5, 5.41) is 52.4. The van der Waals surface area contributed by atoms with Crippen molar-refractivity contribution >= 4 is 29.1 Å². The van der Waals surface area contributed by atoms with Gasteiger partial charge in [0.1, 0.15) is 28.4 Å².